The second-order valence-corrected chi connectivity index (χ2v) is 6.56. The zero-order chi connectivity index (χ0) is 20.1. The Kier molecular flexibility index (Phi) is 5.85. The zero-order valence-corrected chi connectivity index (χ0v) is 15.5. The van der Waals surface area contributed by atoms with Crippen molar-refractivity contribution in [3.63, 3.8) is 0 Å². The molecule has 0 unspecified atom stereocenters. The predicted molar refractivity (Wildman–Crippen MR) is 106 cm³/mol. The lowest BCUT2D eigenvalue weighted by molar-refractivity contribution is -0.384. The molecule has 0 radical (unpaired) electrons. The van der Waals surface area contributed by atoms with Crippen LogP contribution < -0.4 is 0 Å². The molecule has 28 heavy (non-hydrogen) atoms. The predicted octanol–water partition coefficient (Wildman–Crippen LogP) is 4.18. The van der Waals surface area contributed by atoms with Crippen LogP contribution in [0.3, 0.4) is 0 Å². The normalized spacial score (nSPS) is 16.6. The zero-order valence-electron chi connectivity index (χ0n) is 14.7. The number of nitro benzene ring substituents is 1. The molecule has 0 atom stereocenters. The number of pyridine rings is 1. The topological polar surface area (TPSA) is 115 Å². The summed E-state index contributed by atoms with van der Waals surface area (Å²) >= 11 is 1.11. The largest absolute Gasteiger partial charge is 0.506 e. The van der Waals surface area contributed by atoms with Gasteiger partial charge in [-0.25, -0.2) is 9.79 Å². The van der Waals surface area contributed by atoms with Crippen molar-refractivity contribution >= 4 is 40.2 Å². The first-order chi connectivity index (χ1) is 13.5. The first kappa shape index (κ1) is 19.3. The van der Waals surface area contributed by atoms with Gasteiger partial charge >= 0.3 is 5.97 Å². The van der Waals surface area contributed by atoms with Crippen molar-refractivity contribution in [1.29, 1.82) is 0 Å². The summed E-state index contributed by atoms with van der Waals surface area (Å²) in [6.45, 7) is 1.81. The summed E-state index contributed by atoms with van der Waals surface area (Å²) in [4.78, 5) is 31.4. The maximum Gasteiger partial charge on any atom is 0.344 e. The van der Waals surface area contributed by atoms with Gasteiger partial charge in [-0.3, -0.25) is 15.1 Å². The molecule has 1 aromatic carbocycles. The van der Waals surface area contributed by atoms with Crippen LogP contribution in [-0.4, -0.2) is 32.6 Å². The van der Waals surface area contributed by atoms with E-state index in [2.05, 4.69) is 9.98 Å². The van der Waals surface area contributed by atoms with E-state index in [1.54, 1.807) is 37.5 Å². The van der Waals surface area contributed by atoms with Crippen molar-refractivity contribution in [3.05, 3.63) is 80.7 Å². The molecule has 0 aliphatic carbocycles. The number of esters is 1. The maximum absolute atomic E-state index is 12.3. The van der Waals surface area contributed by atoms with Crippen LogP contribution in [0.5, 0.6) is 0 Å². The van der Waals surface area contributed by atoms with E-state index in [1.807, 2.05) is 0 Å². The molecule has 3 rings (SSSR count). The molecule has 1 aromatic heterocycles. The van der Waals surface area contributed by atoms with Gasteiger partial charge in [0.2, 0.25) is 0 Å². The number of nitro groups is 1. The summed E-state index contributed by atoms with van der Waals surface area (Å²) in [6, 6.07) is 9.10. The molecule has 9 heteroatoms. The van der Waals surface area contributed by atoms with Gasteiger partial charge in [0.25, 0.3) is 5.69 Å². The van der Waals surface area contributed by atoms with Gasteiger partial charge in [0, 0.05) is 24.5 Å². The number of aliphatic hydroxyl groups excluding tert-OH is 1. The summed E-state index contributed by atoms with van der Waals surface area (Å²) in [5, 5.41) is 21.6. The van der Waals surface area contributed by atoms with E-state index in [9.17, 15) is 20.0 Å². The molecule has 142 valence electrons. The Labute approximate surface area is 164 Å². The first-order valence-electron chi connectivity index (χ1n) is 8.23. The van der Waals surface area contributed by atoms with E-state index in [0.717, 1.165) is 17.3 Å². The van der Waals surface area contributed by atoms with Crippen LogP contribution >= 0.6 is 11.8 Å². The third-order valence-electron chi connectivity index (χ3n) is 3.67. The summed E-state index contributed by atoms with van der Waals surface area (Å²) < 4.78 is 5.04. The molecule has 1 aliphatic heterocycles. The number of carbonyl (C=O) groups excluding carboxylic acids is 1. The first-order valence-corrected chi connectivity index (χ1v) is 9.05. The highest BCUT2D eigenvalue weighted by Crippen LogP contribution is 2.40. The molecule has 0 saturated heterocycles. The lowest BCUT2D eigenvalue weighted by Gasteiger charge is -2.03. The Morgan fingerprint density at radius 2 is 1.96 bits per heavy atom. The number of aliphatic imine (C=N–C) groups is 1. The van der Waals surface area contributed by atoms with Crippen LogP contribution in [0.25, 0.3) is 6.08 Å². The monoisotopic (exact) mass is 397 g/mol. The minimum Gasteiger partial charge on any atom is -0.506 e. The smallest absolute Gasteiger partial charge is 0.344 e. The molecular weight excluding hydrogens is 382 g/mol. The van der Waals surface area contributed by atoms with Crippen molar-refractivity contribution in [2.24, 2.45) is 4.99 Å². The molecule has 1 aliphatic rings. The minimum atomic E-state index is -0.689. The van der Waals surface area contributed by atoms with Crippen molar-refractivity contribution < 1.29 is 19.6 Å². The van der Waals surface area contributed by atoms with E-state index in [4.69, 9.17) is 4.74 Å². The Morgan fingerprint density at radius 3 is 2.57 bits per heavy atom. The van der Waals surface area contributed by atoms with E-state index in [-0.39, 0.29) is 28.7 Å². The molecule has 2 aromatic rings. The number of aliphatic hydroxyl groups is 1. The van der Waals surface area contributed by atoms with Gasteiger partial charge in [-0.05, 0) is 42.8 Å². The number of aromatic nitrogens is 1. The molecule has 0 saturated carbocycles. The van der Waals surface area contributed by atoms with E-state index in [1.165, 1.54) is 24.3 Å². The minimum absolute atomic E-state index is 0.0366. The maximum atomic E-state index is 12.3. The van der Waals surface area contributed by atoms with E-state index >= 15 is 0 Å². The average molecular weight is 397 g/mol. The highest BCUT2D eigenvalue weighted by atomic mass is 32.2. The Balaban J connectivity index is 2.00. The van der Waals surface area contributed by atoms with Gasteiger partial charge < -0.3 is 9.84 Å². The SMILES string of the molecule is CCOC(=O)C1=C(O)/C(=C/c2ccncc2)SC1=Nc1ccc([N+](=O)[O-])cc1. The highest BCUT2D eigenvalue weighted by molar-refractivity contribution is 8.18. The number of thioether (sulfide) groups is 1. The quantitative estimate of drug-likeness (QED) is 0.457. The van der Waals surface area contributed by atoms with Crippen molar-refractivity contribution in [2.75, 3.05) is 6.61 Å². The molecule has 0 bridgehead atoms. The fourth-order valence-corrected chi connectivity index (χ4v) is 3.40. The van der Waals surface area contributed by atoms with Crippen LogP contribution in [0.15, 0.2) is 70.0 Å². The van der Waals surface area contributed by atoms with E-state index in [0.29, 0.717) is 10.6 Å². The molecule has 2 heterocycles. The molecule has 0 fully saturated rings. The molecule has 0 amide bonds. The molecule has 0 spiro atoms. The number of hydrogen-bond donors (Lipinski definition) is 1. The van der Waals surface area contributed by atoms with Crippen LogP contribution in [0.2, 0.25) is 0 Å². The summed E-state index contributed by atoms with van der Waals surface area (Å²) in [6.07, 6.45) is 4.94. The second kappa shape index (κ2) is 8.49. The number of non-ortho nitro benzene ring substituents is 1. The number of benzene rings is 1. The van der Waals surface area contributed by atoms with Crippen LogP contribution in [0, 0.1) is 10.1 Å². The molecular formula is C19H15N3O5S. The van der Waals surface area contributed by atoms with Gasteiger partial charge in [-0.2, -0.15) is 0 Å². The van der Waals surface area contributed by atoms with Gasteiger partial charge in [0.1, 0.15) is 16.4 Å². The van der Waals surface area contributed by atoms with Gasteiger partial charge in [0.15, 0.2) is 0 Å². The third-order valence-corrected chi connectivity index (χ3v) is 4.69. The second-order valence-electron chi connectivity index (χ2n) is 5.53. The standard InChI is InChI=1S/C19H15N3O5S/c1-2-27-19(24)16-17(23)15(11-12-7-9-20-10-8-12)28-18(16)21-13-3-5-14(6-4-13)22(25)26/h3-11,23H,2H2,1H3/b15-11-,21-18?. The summed E-state index contributed by atoms with van der Waals surface area (Å²) in [7, 11) is 0. The Morgan fingerprint density at radius 1 is 1.29 bits per heavy atom. The number of ether oxygens (including phenoxy) is 1. The van der Waals surface area contributed by atoms with E-state index < -0.39 is 10.9 Å². The average Bonchev–Trinajstić information content (AvgIpc) is 2.98. The van der Waals surface area contributed by atoms with Crippen molar-refractivity contribution in [1.82, 2.24) is 4.98 Å². The van der Waals surface area contributed by atoms with Gasteiger partial charge in [0.05, 0.1) is 22.1 Å². The number of nitrogens with zero attached hydrogens (tertiary/aromatic N) is 3. The van der Waals surface area contributed by atoms with Crippen molar-refractivity contribution in [2.45, 2.75) is 6.92 Å². The number of carbonyl (C=O) groups is 1. The Bertz CT molecular complexity index is 998. The van der Waals surface area contributed by atoms with Crippen molar-refractivity contribution in [3.8, 4) is 0 Å². The van der Waals surface area contributed by atoms with Crippen LogP contribution in [0.1, 0.15) is 12.5 Å². The number of rotatable bonds is 5. The summed E-state index contributed by atoms with van der Waals surface area (Å²) in [5.41, 5.74) is 1.10. The van der Waals surface area contributed by atoms with Gasteiger partial charge in [-0.15, -0.1) is 0 Å². The fraction of sp³-hybridized carbons (Fsp3) is 0.105. The number of hydrogen-bond acceptors (Lipinski definition) is 8. The lowest BCUT2D eigenvalue weighted by atomic mass is 10.2. The van der Waals surface area contributed by atoms with Gasteiger partial charge in [-0.1, -0.05) is 11.8 Å². The van der Waals surface area contributed by atoms with Crippen LogP contribution in [-0.2, 0) is 9.53 Å². The molecule has 1 N–H and O–H groups in total. The third kappa shape index (κ3) is 4.26. The highest BCUT2D eigenvalue weighted by Gasteiger charge is 2.33. The molecule has 8 nitrogen and oxygen atoms in total. The Hall–Kier alpha value is -3.46. The lowest BCUT2D eigenvalue weighted by Crippen LogP contribution is -2.12. The summed E-state index contributed by atoms with van der Waals surface area (Å²) in [5.74, 6) is -0.910. The fourth-order valence-electron chi connectivity index (χ4n) is 2.37. The van der Waals surface area contributed by atoms with Crippen LogP contribution in [0.4, 0.5) is 11.4 Å².